The summed E-state index contributed by atoms with van der Waals surface area (Å²) in [5.41, 5.74) is 0.471. The first-order valence-corrected chi connectivity index (χ1v) is 7.99. The number of nitrogens with zero attached hydrogens (tertiary/aromatic N) is 1. The number of piperidine rings is 1. The number of hydrogen-bond acceptors (Lipinski definition) is 2. The molecule has 0 saturated carbocycles. The van der Waals surface area contributed by atoms with Crippen LogP contribution < -0.4 is 0 Å². The molecule has 0 bridgehead atoms. The molecule has 82 valence electrons. The Morgan fingerprint density at radius 3 is 2.33 bits per heavy atom. The predicted molar refractivity (Wildman–Crippen MR) is 69.2 cm³/mol. The van der Waals surface area contributed by atoms with Gasteiger partial charge in [-0.15, -0.1) is 0 Å². The number of rotatable bonds is 2. The van der Waals surface area contributed by atoms with Crippen LogP contribution in [0.25, 0.3) is 0 Å². The lowest BCUT2D eigenvalue weighted by Crippen LogP contribution is -2.38. The van der Waals surface area contributed by atoms with E-state index in [0.29, 0.717) is 0 Å². The van der Waals surface area contributed by atoms with Gasteiger partial charge in [0.2, 0.25) is 0 Å². The van der Waals surface area contributed by atoms with Crippen molar-refractivity contribution < 1.29 is 5.11 Å². The summed E-state index contributed by atoms with van der Waals surface area (Å²) in [5.74, 6) is 0. The summed E-state index contributed by atoms with van der Waals surface area (Å²) in [6.07, 6.45) is 1.69. The van der Waals surface area contributed by atoms with Crippen molar-refractivity contribution in [2.75, 3.05) is 13.1 Å². The van der Waals surface area contributed by atoms with Crippen molar-refractivity contribution in [2.45, 2.75) is 18.4 Å². The van der Waals surface area contributed by atoms with Gasteiger partial charge in [0.25, 0.3) is 0 Å². The van der Waals surface area contributed by atoms with Crippen LogP contribution >= 0.6 is 17.3 Å². The molecule has 2 nitrogen and oxygen atoms in total. The Morgan fingerprint density at radius 2 is 1.80 bits per heavy atom. The van der Waals surface area contributed by atoms with Crippen molar-refractivity contribution in [1.82, 2.24) is 4.67 Å². The van der Waals surface area contributed by atoms with E-state index in [4.69, 9.17) is 0 Å². The van der Waals surface area contributed by atoms with Gasteiger partial charge < -0.3 is 5.11 Å². The number of benzene rings is 1. The first kappa shape index (κ1) is 11.5. The Labute approximate surface area is 95.0 Å². The highest BCUT2D eigenvalue weighted by molar-refractivity contribution is 8.01. The van der Waals surface area contributed by atoms with Gasteiger partial charge in [-0.1, -0.05) is 39.3 Å². The molecule has 0 spiro atoms. The Kier molecular flexibility index (Phi) is 3.74. The summed E-state index contributed by atoms with van der Waals surface area (Å²) in [4.78, 5) is 0. The van der Waals surface area contributed by atoms with Gasteiger partial charge in [-0.25, -0.2) is 0 Å². The monoisotopic (exact) mass is 241 g/mol. The summed E-state index contributed by atoms with van der Waals surface area (Å²) >= 11 is 0. The average Bonchev–Trinajstić information content (AvgIpc) is 2.31. The molecule has 1 aromatic rings. The molecule has 0 aliphatic carbocycles. The molecule has 0 aromatic heterocycles. The van der Waals surface area contributed by atoms with Crippen molar-refractivity contribution in [2.24, 2.45) is 0 Å². The Bertz CT molecular complexity index is 310. The maximum atomic E-state index is 10.5. The second-order valence-electron chi connectivity index (χ2n) is 4.01. The lowest BCUT2D eigenvalue weighted by Gasteiger charge is -2.37. The summed E-state index contributed by atoms with van der Waals surface area (Å²) in [7, 11) is 3.55. The zero-order chi connectivity index (χ0) is 10.7. The fourth-order valence-electron chi connectivity index (χ4n) is 2.04. The molecule has 2 atom stereocenters. The van der Waals surface area contributed by atoms with Crippen molar-refractivity contribution in [1.29, 1.82) is 0 Å². The van der Waals surface area contributed by atoms with Crippen molar-refractivity contribution in [3.63, 3.8) is 0 Å². The maximum absolute atomic E-state index is 10.5. The minimum Gasteiger partial charge on any atom is -0.385 e. The van der Waals surface area contributed by atoms with Crippen molar-refractivity contribution >= 4 is 17.3 Å². The molecule has 2 rings (SSSR count). The molecule has 1 aromatic carbocycles. The van der Waals surface area contributed by atoms with E-state index in [1.54, 1.807) is 0 Å². The Balaban J connectivity index is 2.10. The largest absolute Gasteiger partial charge is 0.385 e. The molecule has 1 aliphatic heterocycles. The summed E-state index contributed by atoms with van der Waals surface area (Å²) < 4.78 is 2.38. The molecule has 0 amide bonds. The highest BCUT2D eigenvalue weighted by Gasteiger charge is 2.33. The molecule has 1 saturated heterocycles. The molecule has 1 fully saturated rings. The van der Waals surface area contributed by atoms with E-state index < -0.39 is 5.60 Å². The highest BCUT2D eigenvalue weighted by Crippen LogP contribution is 2.38. The zero-order valence-corrected chi connectivity index (χ0v) is 10.8. The van der Waals surface area contributed by atoms with Crippen molar-refractivity contribution in [3.8, 4) is 0 Å². The van der Waals surface area contributed by atoms with E-state index in [1.807, 2.05) is 30.3 Å². The van der Waals surface area contributed by atoms with Crippen LogP contribution in [0.5, 0.6) is 0 Å². The molecule has 4 heteroatoms. The van der Waals surface area contributed by atoms with Crippen molar-refractivity contribution in [3.05, 3.63) is 35.9 Å². The smallest absolute Gasteiger partial charge is 0.0921 e. The predicted octanol–water partition coefficient (Wildman–Crippen LogP) is 2.35. The fourth-order valence-corrected chi connectivity index (χ4v) is 3.30. The third-order valence-corrected chi connectivity index (χ3v) is 4.99. The third-order valence-electron chi connectivity index (χ3n) is 3.08. The quantitative estimate of drug-likeness (QED) is 0.803. The van der Waals surface area contributed by atoms with Crippen LogP contribution in [0.3, 0.4) is 0 Å². The van der Waals surface area contributed by atoms with E-state index in [9.17, 15) is 5.11 Å². The summed E-state index contributed by atoms with van der Waals surface area (Å²) in [5, 5.41) is 10.5. The topological polar surface area (TPSA) is 23.5 Å². The maximum Gasteiger partial charge on any atom is 0.0921 e. The zero-order valence-electron chi connectivity index (χ0n) is 8.69. The Morgan fingerprint density at radius 1 is 1.20 bits per heavy atom. The normalized spacial score (nSPS) is 22.3. The van der Waals surface area contributed by atoms with Gasteiger partial charge in [-0.3, -0.25) is 4.67 Å². The first-order valence-electron chi connectivity index (χ1n) is 5.24. The standard InChI is InChI=1S/C11H17NOP2/c13-11(10-4-2-1-3-5-10)6-8-12(15-14)9-7-11/h1-5,13,15H,6-9,14H2. The minimum atomic E-state index is -0.595. The van der Waals surface area contributed by atoms with Gasteiger partial charge in [0.05, 0.1) is 5.60 Å². The van der Waals surface area contributed by atoms with E-state index >= 15 is 0 Å². The van der Waals surface area contributed by atoms with E-state index in [2.05, 4.69) is 13.6 Å². The van der Waals surface area contributed by atoms with Gasteiger partial charge in [0, 0.05) is 13.1 Å². The van der Waals surface area contributed by atoms with Gasteiger partial charge in [-0.05, 0) is 26.8 Å². The van der Waals surface area contributed by atoms with Crippen LogP contribution in [0.2, 0.25) is 0 Å². The summed E-state index contributed by atoms with van der Waals surface area (Å²) in [6.45, 7) is 1.99. The first-order chi connectivity index (χ1) is 7.24. The van der Waals surface area contributed by atoms with E-state index in [1.165, 1.54) is 0 Å². The molecular formula is C11H17NOP2. The van der Waals surface area contributed by atoms with Gasteiger partial charge in [-0.2, -0.15) is 0 Å². The van der Waals surface area contributed by atoms with Crippen LogP contribution in [0.4, 0.5) is 0 Å². The van der Waals surface area contributed by atoms with E-state index in [-0.39, 0.29) is 0 Å². The molecule has 1 heterocycles. The fraction of sp³-hybridized carbons (Fsp3) is 0.455. The van der Waals surface area contributed by atoms with Gasteiger partial charge in [0.1, 0.15) is 0 Å². The number of aliphatic hydroxyl groups is 1. The van der Waals surface area contributed by atoms with Crippen LogP contribution in [-0.4, -0.2) is 22.9 Å². The Hall–Kier alpha value is -0.000000000000000111. The summed E-state index contributed by atoms with van der Waals surface area (Å²) in [6, 6.07) is 10.0. The van der Waals surface area contributed by atoms with Gasteiger partial charge >= 0.3 is 0 Å². The average molecular weight is 241 g/mol. The lowest BCUT2D eigenvalue weighted by atomic mass is 9.85. The SMILES string of the molecule is OC1(c2ccccc2)CCN(PP)CC1. The van der Waals surface area contributed by atoms with Crippen LogP contribution in [0, 0.1) is 0 Å². The lowest BCUT2D eigenvalue weighted by molar-refractivity contribution is -0.00837. The second-order valence-corrected chi connectivity index (χ2v) is 5.68. The molecule has 1 N–H and O–H groups in total. The highest BCUT2D eigenvalue weighted by atomic mass is 32.0. The van der Waals surface area contributed by atoms with Gasteiger partial charge in [0.15, 0.2) is 0 Å². The minimum absolute atomic E-state index is 0.595. The second kappa shape index (κ2) is 4.89. The van der Waals surface area contributed by atoms with Crippen LogP contribution in [0.1, 0.15) is 18.4 Å². The third kappa shape index (κ3) is 2.57. The van der Waals surface area contributed by atoms with Crippen LogP contribution in [-0.2, 0) is 5.60 Å². The molecule has 0 radical (unpaired) electrons. The molecule has 1 aliphatic rings. The van der Waals surface area contributed by atoms with E-state index in [0.717, 1.165) is 39.9 Å². The molecule has 15 heavy (non-hydrogen) atoms. The van der Waals surface area contributed by atoms with Crippen LogP contribution in [0.15, 0.2) is 30.3 Å². The molecular weight excluding hydrogens is 224 g/mol. The molecule has 2 unspecified atom stereocenters. The number of hydrogen-bond donors (Lipinski definition) is 1.